The van der Waals surface area contributed by atoms with Gasteiger partial charge in [-0.3, -0.25) is 9.69 Å². The summed E-state index contributed by atoms with van der Waals surface area (Å²) in [6, 6.07) is 7.82. The van der Waals surface area contributed by atoms with Crippen LogP contribution in [0, 0.1) is 0 Å². The number of anilines is 1. The summed E-state index contributed by atoms with van der Waals surface area (Å²) in [6.45, 7) is 5.53. The average molecular weight is 233 g/mol. The maximum Gasteiger partial charge on any atom is 0.225 e. The van der Waals surface area contributed by atoms with E-state index in [9.17, 15) is 4.79 Å². The summed E-state index contributed by atoms with van der Waals surface area (Å²) < 4.78 is 1.91. The molecular weight excluding hydrogens is 214 g/mol. The summed E-state index contributed by atoms with van der Waals surface area (Å²) in [7, 11) is 3.63. The SMILES string of the molecule is CC.CC(=O)N(C)c1nc2ccccc2n1C. The van der Waals surface area contributed by atoms with Gasteiger partial charge < -0.3 is 4.57 Å². The van der Waals surface area contributed by atoms with Crippen molar-refractivity contribution in [2.45, 2.75) is 20.8 Å². The highest BCUT2D eigenvalue weighted by molar-refractivity contribution is 5.91. The van der Waals surface area contributed by atoms with Crippen molar-refractivity contribution >= 4 is 22.9 Å². The van der Waals surface area contributed by atoms with E-state index in [1.54, 1.807) is 11.9 Å². The van der Waals surface area contributed by atoms with Gasteiger partial charge in [0.25, 0.3) is 0 Å². The lowest BCUT2D eigenvalue weighted by molar-refractivity contribution is -0.116. The highest BCUT2D eigenvalue weighted by Crippen LogP contribution is 2.19. The van der Waals surface area contributed by atoms with E-state index in [1.807, 2.05) is 49.7 Å². The third-order valence-corrected chi connectivity index (χ3v) is 2.54. The van der Waals surface area contributed by atoms with Gasteiger partial charge in [0.2, 0.25) is 11.9 Å². The molecule has 2 rings (SSSR count). The molecule has 0 atom stereocenters. The molecule has 17 heavy (non-hydrogen) atoms. The molecule has 0 N–H and O–H groups in total. The minimum atomic E-state index is -0.0200. The number of carbonyl (C=O) groups excluding carboxylic acids is 1. The lowest BCUT2D eigenvalue weighted by atomic mass is 10.3. The summed E-state index contributed by atoms with van der Waals surface area (Å²) in [6.07, 6.45) is 0. The molecule has 1 aromatic heterocycles. The molecule has 0 unspecified atom stereocenters. The maximum absolute atomic E-state index is 11.2. The van der Waals surface area contributed by atoms with E-state index in [0.717, 1.165) is 11.0 Å². The van der Waals surface area contributed by atoms with Crippen LogP contribution in [0.5, 0.6) is 0 Å². The van der Waals surface area contributed by atoms with E-state index in [1.165, 1.54) is 6.92 Å². The molecule has 0 saturated heterocycles. The molecular formula is C13H19N3O. The van der Waals surface area contributed by atoms with E-state index >= 15 is 0 Å². The maximum atomic E-state index is 11.2. The number of rotatable bonds is 1. The van der Waals surface area contributed by atoms with E-state index in [4.69, 9.17) is 0 Å². The summed E-state index contributed by atoms with van der Waals surface area (Å²) in [5.74, 6) is 0.650. The first-order valence-electron chi connectivity index (χ1n) is 5.77. The fraction of sp³-hybridized carbons (Fsp3) is 0.385. The van der Waals surface area contributed by atoms with Crippen molar-refractivity contribution in [2.75, 3.05) is 11.9 Å². The number of aryl methyl sites for hydroxylation is 1. The number of imidazole rings is 1. The monoisotopic (exact) mass is 233 g/mol. The first-order chi connectivity index (χ1) is 8.11. The number of amides is 1. The van der Waals surface area contributed by atoms with Gasteiger partial charge in [-0.15, -0.1) is 0 Å². The molecule has 1 heterocycles. The lowest BCUT2D eigenvalue weighted by Gasteiger charge is -2.13. The van der Waals surface area contributed by atoms with Gasteiger partial charge in [-0.2, -0.15) is 0 Å². The van der Waals surface area contributed by atoms with E-state index in [0.29, 0.717) is 5.95 Å². The summed E-state index contributed by atoms with van der Waals surface area (Å²) in [5, 5.41) is 0. The van der Waals surface area contributed by atoms with Crippen LogP contribution in [0.2, 0.25) is 0 Å². The second-order valence-electron chi connectivity index (χ2n) is 3.54. The van der Waals surface area contributed by atoms with E-state index in [2.05, 4.69) is 4.98 Å². The highest BCUT2D eigenvalue weighted by atomic mass is 16.2. The first-order valence-corrected chi connectivity index (χ1v) is 5.77. The van der Waals surface area contributed by atoms with Crippen LogP contribution in [0.1, 0.15) is 20.8 Å². The predicted octanol–water partition coefficient (Wildman–Crippen LogP) is 2.58. The molecule has 4 heteroatoms. The number of hydrogen-bond acceptors (Lipinski definition) is 2. The third-order valence-electron chi connectivity index (χ3n) is 2.54. The second kappa shape index (κ2) is 5.48. The van der Waals surface area contributed by atoms with Crippen LogP contribution >= 0.6 is 0 Å². The fourth-order valence-electron chi connectivity index (χ4n) is 1.57. The molecule has 1 amide bonds. The van der Waals surface area contributed by atoms with Gasteiger partial charge in [0.05, 0.1) is 11.0 Å². The molecule has 0 aliphatic heterocycles. The number of para-hydroxylation sites is 2. The molecule has 0 saturated carbocycles. The average Bonchev–Trinajstić information content (AvgIpc) is 2.69. The van der Waals surface area contributed by atoms with Crippen LogP contribution in [0.15, 0.2) is 24.3 Å². The molecule has 92 valence electrons. The Morgan fingerprint density at radius 2 is 1.88 bits per heavy atom. The Morgan fingerprint density at radius 3 is 2.41 bits per heavy atom. The van der Waals surface area contributed by atoms with Crippen LogP contribution in [-0.2, 0) is 11.8 Å². The van der Waals surface area contributed by atoms with Crippen LogP contribution in [0.3, 0.4) is 0 Å². The van der Waals surface area contributed by atoms with Gasteiger partial charge >= 0.3 is 0 Å². The predicted molar refractivity (Wildman–Crippen MR) is 71.1 cm³/mol. The fourth-order valence-corrected chi connectivity index (χ4v) is 1.57. The molecule has 0 spiro atoms. The topological polar surface area (TPSA) is 38.1 Å². The van der Waals surface area contributed by atoms with Crippen LogP contribution in [0.25, 0.3) is 11.0 Å². The van der Waals surface area contributed by atoms with Gasteiger partial charge in [-0.25, -0.2) is 4.98 Å². The minimum absolute atomic E-state index is 0.0200. The third kappa shape index (κ3) is 2.46. The summed E-state index contributed by atoms with van der Waals surface area (Å²) >= 11 is 0. The Balaban J connectivity index is 0.000000686. The normalized spacial score (nSPS) is 9.71. The van der Waals surface area contributed by atoms with Crippen molar-refractivity contribution in [2.24, 2.45) is 7.05 Å². The Kier molecular flexibility index (Phi) is 4.26. The van der Waals surface area contributed by atoms with Crippen molar-refractivity contribution in [3.63, 3.8) is 0 Å². The Bertz CT molecular complexity index is 516. The van der Waals surface area contributed by atoms with Crippen LogP contribution in [0.4, 0.5) is 5.95 Å². The lowest BCUT2D eigenvalue weighted by Crippen LogP contribution is -2.25. The Hall–Kier alpha value is -1.84. The number of benzene rings is 1. The van der Waals surface area contributed by atoms with Crippen LogP contribution in [-0.4, -0.2) is 22.5 Å². The van der Waals surface area contributed by atoms with Gasteiger partial charge in [0.15, 0.2) is 0 Å². The van der Waals surface area contributed by atoms with Gasteiger partial charge in [0.1, 0.15) is 0 Å². The second-order valence-corrected chi connectivity index (χ2v) is 3.54. The summed E-state index contributed by atoms with van der Waals surface area (Å²) in [5.41, 5.74) is 1.93. The standard InChI is InChI=1S/C11H13N3O.C2H6/c1-8(15)13(2)11-12-9-6-4-5-7-10(9)14(11)3;1-2/h4-7H,1-3H3;1-2H3. The molecule has 0 aliphatic rings. The quantitative estimate of drug-likeness (QED) is 0.759. The van der Waals surface area contributed by atoms with Crippen molar-refractivity contribution < 1.29 is 4.79 Å². The molecule has 0 aliphatic carbocycles. The molecule has 0 fully saturated rings. The van der Waals surface area contributed by atoms with Gasteiger partial charge in [-0.1, -0.05) is 26.0 Å². The minimum Gasteiger partial charge on any atom is -0.313 e. The highest BCUT2D eigenvalue weighted by Gasteiger charge is 2.13. The molecule has 2 aromatic rings. The Labute approximate surface area is 102 Å². The molecule has 0 bridgehead atoms. The van der Waals surface area contributed by atoms with Gasteiger partial charge in [0, 0.05) is 21.0 Å². The zero-order valence-corrected chi connectivity index (χ0v) is 11.1. The zero-order chi connectivity index (χ0) is 13.0. The smallest absolute Gasteiger partial charge is 0.225 e. The van der Waals surface area contributed by atoms with E-state index in [-0.39, 0.29) is 5.91 Å². The number of fused-ring (bicyclic) bond motifs is 1. The largest absolute Gasteiger partial charge is 0.313 e. The number of nitrogens with zero attached hydrogens (tertiary/aromatic N) is 3. The van der Waals surface area contributed by atoms with Crippen molar-refractivity contribution in [1.82, 2.24) is 9.55 Å². The Morgan fingerprint density at radius 1 is 1.29 bits per heavy atom. The molecule has 4 nitrogen and oxygen atoms in total. The number of carbonyl (C=O) groups is 1. The van der Waals surface area contributed by atoms with E-state index < -0.39 is 0 Å². The van der Waals surface area contributed by atoms with Gasteiger partial charge in [-0.05, 0) is 12.1 Å². The van der Waals surface area contributed by atoms with Crippen molar-refractivity contribution in [1.29, 1.82) is 0 Å². The summed E-state index contributed by atoms with van der Waals surface area (Å²) in [4.78, 5) is 17.2. The van der Waals surface area contributed by atoms with Crippen LogP contribution < -0.4 is 4.90 Å². The first kappa shape index (κ1) is 13.2. The molecule has 0 radical (unpaired) electrons. The zero-order valence-electron chi connectivity index (χ0n) is 11.1. The van der Waals surface area contributed by atoms with Crippen molar-refractivity contribution in [3.05, 3.63) is 24.3 Å². The van der Waals surface area contributed by atoms with Crippen molar-refractivity contribution in [3.8, 4) is 0 Å². The number of aromatic nitrogens is 2. The number of hydrogen-bond donors (Lipinski definition) is 0. The molecule has 1 aromatic carbocycles.